The molecule has 0 amide bonds. The minimum Gasteiger partial charge on any atom is -0.496 e. The smallest absolute Gasteiger partial charge is 0.133 e. The van der Waals surface area contributed by atoms with E-state index in [1.165, 1.54) is 0 Å². The Kier molecular flexibility index (Phi) is 4.39. The van der Waals surface area contributed by atoms with Gasteiger partial charge in [0.2, 0.25) is 0 Å². The van der Waals surface area contributed by atoms with Crippen LogP contribution in [-0.2, 0) is 6.42 Å². The van der Waals surface area contributed by atoms with Gasteiger partial charge < -0.3 is 15.6 Å². The maximum Gasteiger partial charge on any atom is 0.133 e. The number of rotatable bonds is 4. The second-order valence-electron chi connectivity index (χ2n) is 4.16. The first kappa shape index (κ1) is 13.8. The summed E-state index contributed by atoms with van der Waals surface area (Å²) < 4.78 is 5.97. The van der Waals surface area contributed by atoms with Crippen molar-refractivity contribution in [3.8, 4) is 5.75 Å². The Hall–Kier alpha value is -1.59. The molecule has 2 rings (SSSR count). The van der Waals surface area contributed by atoms with Gasteiger partial charge in [-0.25, -0.2) is 4.98 Å². The van der Waals surface area contributed by atoms with Crippen molar-refractivity contribution in [2.24, 2.45) is 0 Å². The first-order valence-electron chi connectivity index (χ1n) is 5.82. The number of halogens is 1. The van der Waals surface area contributed by atoms with E-state index in [1.807, 2.05) is 30.3 Å². The van der Waals surface area contributed by atoms with Crippen LogP contribution in [0.3, 0.4) is 0 Å². The van der Waals surface area contributed by atoms with Crippen LogP contribution in [0.4, 0.5) is 5.82 Å². The summed E-state index contributed by atoms with van der Waals surface area (Å²) in [7, 11) is 1.60. The Morgan fingerprint density at radius 2 is 2.21 bits per heavy atom. The van der Waals surface area contributed by atoms with Crippen LogP contribution in [0.5, 0.6) is 5.75 Å². The number of aromatic nitrogens is 1. The molecule has 0 spiro atoms. The lowest BCUT2D eigenvalue weighted by Gasteiger charge is -2.13. The zero-order valence-corrected chi connectivity index (χ0v) is 12.1. The number of benzene rings is 1. The number of hydrogen-bond donors (Lipinski definition) is 2. The Morgan fingerprint density at radius 3 is 2.84 bits per heavy atom. The SMILES string of the molecule is COc1ccc(C(O)Cc2cccnc2N)cc1Br. The number of anilines is 1. The molecule has 19 heavy (non-hydrogen) atoms. The van der Waals surface area contributed by atoms with Crippen molar-refractivity contribution in [3.05, 3.63) is 52.1 Å². The van der Waals surface area contributed by atoms with E-state index in [4.69, 9.17) is 10.5 Å². The van der Waals surface area contributed by atoms with E-state index in [0.717, 1.165) is 21.3 Å². The third-order valence-electron chi connectivity index (χ3n) is 2.90. The van der Waals surface area contributed by atoms with Gasteiger partial charge in [0.1, 0.15) is 11.6 Å². The Labute approximate surface area is 120 Å². The van der Waals surface area contributed by atoms with E-state index >= 15 is 0 Å². The molecule has 100 valence electrons. The first-order valence-corrected chi connectivity index (χ1v) is 6.62. The molecule has 0 radical (unpaired) electrons. The van der Waals surface area contributed by atoms with E-state index in [0.29, 0.717) is 12.2 Å². The number of aliphatic hydroxyl groups excluding tert-OH is 1. The predicted octanol–water partition coefficient (Wildman–Crippen LogP) is 2.71. The number of nitrogen functional groups attached to an aromatic ring is 1. The van der Waals surface area contributed by atoms with Crippen molar-refractivity contribution in [2.45, 2.75) is 12.5 Å². The number of methoxy groups -OCH3 is 1. The lowest BCUT2D eigenvalue weighted by molar-refractivity contribution is 0.178. The van der Waals surface area contributed by atoms with Crippen molar-refractivity contribution in [1.29, 1.82) is 0 Å². The molecule has 1 heterocycles. The zero-order valence-electron chi connectivity index (χ0n) is 10.5. The maximum absolute atomic E-state index is 10.2. The van der Waals surface area contributed by atoms with Crippen LogP contribution in [0.2, 0.25) is 0 Å². The van der Waals surface area contributed by atoms with Crippen LogP contribution < -0.4 is 10.5 Å². The molecule has 1 unspecified atom stereocenters. The van der Waals surface area contributed by atoms with Gasteiger partial charge in [0.25, 0.3) is 0 Å². The molecule has 0 saturated carbocycles. The monoisotopic (exact) mass is 322 g/mol. The molecule has 0 fully saturated rings. The summed E-state index contributed by atoms with van der Waals surface area (Å²) >= 11 is 3.40. The van der Waals surface area contributed by atoms with E-state index in [2.05, 4.69) is 20.9 Å². The van der Waals surface area contributed by atoms with Crippen LogP contribution in [0, 0.1) is 0 Å². The zero-order chi connectivity index (χ0) is 13.8. The average Bonchev–Trinajstić information content (AvgIpc) is 2.41. The summed E-state index contributed by atoms with van der Waals surface area (Å²) in [5.41, 5.74) is 7.41. The number of hydrogen-bond acceptors (Lipinski definition) is 4. The summed E-state index contributed by atoms with van der Waals surface area (Å²) in [6.07, 6.45) is 1.43. The average molecular weight is 323 g/mol. The lowest BCUT2D eigenvalue weighted by atomic mass is 10.0. The van der Waals surface area contributed by atoms with Crippen molar-refractivity contribution < 1.29 is 9.84 Å². The van der Waals surface area contributed by atoms with Crippen LogP contribution in [-0.4, -0.2) is 17.2 Å². The van der Waals surface area contributed by atoms with E-state index in [9.17, 15) is 5.11 Å². The lowest BCUT2D eigenvalue weighted by Crippen LogP contribution is -2.05. The van der Waals surface area contributed by atoms with Gasteiger partial charge >= 0.3 is 0 Å². The number of pyridine rings is 1. The van der Waals surface area contributed by atoms with E-state index in [-0.39, 0.29) is 0 Å². The molecular weight excluding hydrogens is 308 g/mol. The quantitative estimate of drug-likeness (QED) is 0.908. The predicted molar refractivity (Wildman–Crippen MR) is 78.0 cm³/mol. The highest BCUT2D eigenvalue weighted by atomic mass is 79.9. The minimum atomic E-state index is -0.631. The van der Waals surface area contributed by atoms with Crippen LogP contribution >= 0.6 is 15.9 Å². The second-order valence-corrected chi connectivity index (χ2v) is 5.02. The Bertz CT molecular complexity index is 575. The van der Waals surface area contributed by atoms with Crippen molar-refractivity contribution in [3.63, 3.8) is 0 Å². The van der Waals surface area contributed by atoms with Gasteiger partial charge in [-0.15, -0.1) is 0 Å². The molecule has 1 atom stereocenters. The van der Waals surface area contributed by atoms with Crippen LogP contribution in [0.1, 0.15) is 17.2 Å². The van der Waals surface area contributed by atoms with E-state index < -0.39 is 6.10 Å². The van der Waals surface area contributed by atoms with Crippen LogP contribution in [0.15, 0.2) is 41.0 Å². The van der Waals surface area contributed by atoms with Gasteiger partial charge in [0, 0.05) is 12.6 Å². The number of nitrogens with zero attached hydrogens (tertiary/aromatic N) is 1. The fourth-order valence-electron chi connectivity index (χ4n) is 1.84. The highest BCUT2D eigenvalue weighted by Crippen LogP contribution is 2.29. The molecule has 0 aliphatic carbocycles. The summed E-state index contributed by atoms with van der Waals surface area (Å²) in [5, 5.41) is 10.2. The Morgan fingerprint density at radius 1 is 1.42 bits per heavy atom. The molecular formula is C14H15BrN2O2. The molecule has 5 heteroatoms. The van der Waals surface area contributed by atoms with Crippen molar-refractivity contribution in [1.82, 2.24) is 4.98 Å². The largest absolute Gasteiger partial charge is 0.496 e. The van der Waals surface area contributed by atoms with Gasteiger partial charge in [0.15, 0.2) is 0 Å². The third kappa shape index (κ3) is 3.24. The van der Waals surface area contributed by atoms with Gasteiger partial charge in [0.05, 0.1) is 17.7 Å². The number of aliphatic hydroxyl groups is 1. The number of nitrogens with two attached hydrogens (primary N) is 1. The van der Waals surface area contributed by atoms with Gasteiger partial charge in [-0.05, 0) is 45.3 Å². The van der Waals surface area contributed by atoms with Gasteiger partial charge in [-0.1, -0.05) is 12.1 Å². The topological polar surface area (TPSA) is 68.4 Å². The number of ether oxygens (including phenoxy) is 1. The summed E-state index contributed by atoms with van der Waals surface area (Å²) in [6.45, 7) is 0. The molecule has 1 aromatic heterocycles. The molecule has 0 saturated heterocycles. The highest BCUT2D eigenvalue weighted by Gasteiger charge is 2.12. The summed E-state index contributed by atoms with van der Waals surface area (Å²) in [6, 6.07) is 9.17. The fourth-order valence-corrected chi connectivity index (χ4v) is 2.40. The summed E-state index contributed by atoms with van der Waals surface area (Å²) in [4.78, 5) is 4.01. The molecule has 0 aliphatic heterocycles. The molecule has 3 N–H and O–H groups in total. The fraction of sp³-hybridized carbons (Fsp3) is 0.214. The molecule has 1 aromatic carbocycles. The maximum atomic E-state index is 10.2. The normalized spacial score (nSPS) is 12.2. The highest BCUT2D eigenvalue weighted by molar-refractivity contribution is 9.10. The van der Waals surface area contributed by atoms with Crippen molar-refractivity contribution >= 4 is 21.7 Å². The van der Waals surface area contributed by atoms with Crippen molar-refractivity contribution in [2.75, 3.05) is 12.8 Å². The van der Waals surface area contributed by atoms with E-state index in [1.54, 1.807) is 13.3 Å². The van der Waals surface area contributed by atoms with Gasteiger partial charge in [-0.3, -0.25) is 0 Å². The standard InChI is InChI=1S/C14H15BrN2O2/c1-19-13-5-4-9(7-11(13)15)12(18)8-10-3-2-6-17-14(10)16/h2-7,12,18H,8H2,1H3,(H2,16,17). The molecule has 0 bridgehead atoms. The molecule has 4 nitrogen and oxygen atoms in total. The molecule has 0 aliphatic rings. The van der Waals surface area contributed by atoms with Gasteiger partial charge in [-0.2, -0.15) is 0 Å². The Balaban J connectivity index is 2.18. The minimum absolute atomic E-state index is 0.429. The first-order chi connectivity index (χ1) is 9.11. The molecule has 2 aromatic rings. The summed E-state index contributed by atoms with van der Waals surface area (Å²) in [5.74, 6) is 1.19. The second kappa shape index (κ2) is 6.04. The van der Waals surface area contributed by atoms with Crippen LogP contribution in [0.25, 0.3) is 0 Å². The third-order valence-corrected chi connectivity index (χ3v) is 3.52.